The van der Waals surface area contributed by atoms with E-state index in [2.05, 4.69) is 72.8 Å². The molecule has 0 unspecified atom stereocenters. The number of rotatable bonds is 4. The van der Waals surface area contributed by atoms with Crippen LogP contribution in [0.4, 0.5) is 11.5 Å². The SMILES string of the molecule is CCc1ccc(Nc2cc(C)nc3c(-c4ccc(C)cc4)cnn23)cc1. The molecule has 4 aromatic rings. The Morgan fingerprint density at radius 3 is 2.38 bits per heavy atom. The molecule has 1 N–H and O–H groups in total. The monoisotopic (exact) mass is 342 g/mol. The quantitative estimate of drug-likeness (QED) is 0.546. The molecule has 130 valence electrons. The van der Waals surface area contributed by atoms with Crippen molar-refractivity contribution in [2.75, 3.05) is 5.32 Å². The van der Waals surface area contributed by atoms with E-state index in [9.17, 15) is 0 Å². The topological polar surface area (TPSA) is 42.2 Å². The molecule has 2 aromatic carbocycles. The van der Waals surface area contributed by atoms with E-state index >= 15 is 0 Å². The Balaban J connectivity index is 1.77. The summed E-state index contributed by atoms with van der Waals surface area (Å²) in [5.74, 6) is 0.912. The highest BCUT2D eigenvalue weighted by molar-refractivity contribution is 5.78. The van der Waals surface area contributed by atoms with E-state index in [0.29, 0.717) is 0 Å². The van der Waals surface area contributed by atoms with Crippen LogP contribution >= 0.6 is 0 Å². The largest absolute Gasteiger partial charge is 0.340 e. The molecule has 0 fully saturated rings. The number of anilines is 2. The van der Waals surface area contributed by atoms with Crippen LogP contribution in [-0.2, 0) is 6.42 Å². The van der Waals surface area contributed by atoms with Gasteiger partial charge in [0.05, 0.1) is 6.20 Å². The van der Waals surface area contributed by atoms with Crippen LogP contribution in [0.15, 0.2) is 60.8 Å². The normalized spacial score (nSPS) is 11.0. The molecule has 26 heavy (non-hydrogen) atoms. The van der Waals surface area contributed by atoms with Crippen LogP contribution in [-0.4, -0.2) is 14.6 Å². The van der Waals surface area contributed by atoms with Crippen LogP contribution in [0.25, 0.3) is 16.8 Å². The molecule has 0 aliphatic heterocycles. The number of nitrogens with zero attached hydrogens (tertiary/aromatic N) is 3. The number of hydrogen-bond donors (Lipinski definition) is 1. The molecule has 0 radical (unpaired) electrons. The van der Waals surface area contributed by atoms with E-state index in [1.807, 2.05) is 23.7 Å². The first-order valence-electron chi connectivity index (χ1n) is 8.92. The van der Waals surface area contributed by atoms with Crippen LogP contribution in [0.1, 0.15) is 23.7 Å². The number of aromatic nitrogens is 3. The average Bonchev–Trinajstić information content (AvgIpc) is 3.07. The standard InChI is InChI=1S/C22H22N4/c1-4-17-7-11-19(12-8-17)25-21-13-16(3)24-22-20(14-23-26(21)22)18-9-5-15(2)6-10-18/h5-14,25H,4H2,1-3H3. The lowest BCUT2D eigenvalue weighted by Gasteiger charge is -2.10. The summed E-state index contributed by atoms with van der Waals surface area (Å²) < 4.78 is 1.87. The molecule has 4 nitrogen and oxygen atoms in total. The van der Waals surface area contributed by atoms with Crippen LogP contribution in [0, 0.1) is 13.8 Å². The zero-order chi connectivity index (χ0) is 18.1. The summed E-state index contributed by atoms with van der Waals surface area (Å²) in [6.45, 7) is 6.26. The molecular formula is C22H22N4. The molecule has 0 spiro atoms. The first kappa shape index (κ1) is 16.3. The van der Waals surface area contributed by atoms with Crippen molar-refractivity contribution in [3.8, 4) is 11.1 Å². The van der Waals surface area contributed by atoms with Gasteiger partial charge in [-0.15, -0.1) is 0 Å². The predicted octanol–water partition coefficient (Wildman–Crippen LogP) is 5.32. The second-order valence-corrected chi connectivity index (χ2v) is 6.62. The summed E-state index contributed by atoms with van der Waals surface area (Å²) in [5.41, 5.74) is 7.60. The van der Waals surface area contributed by atoms with E-state index < -0.39 is 0 Å². The molecule has 2 heterocycles. The smallest absolute Gasteiger partial charge is 0.165 e. The summed E-state index contributed by atoms with van der Waals surface area (Å²) in [6.07, 6.45) is 2.93. The fourth-order valence-corrected chi connectivity index (χ4v) is 3.08. The Labute approximate surface area is 153 Å². The van der Waals surface area contributed by atoms with Gasteiger partial charge in [0.2, 0.25) is 0 Å². The Kier molecular flexibility index (Phi) is 4.17. The predicted molar refractivity (Wildman–Crippen MR) is 107 cm³/mol. The summed E-state index contributed by atoms with van der Waals surface area (Å²) >= 11 is 0. The lowest BCUT2D eigenvalue weighted by molar-refractivity contribution is 0.938. The summed E-state index contributed by atoms with van der Waals surface area (Å²) in [5, 5.41) is 8.05. The zero-order valence-electron chi connectivity index (χ0n) is 15.3. The fourth-order valence-electron chi connectivity index (χ4n) is 3.08. The number of fused-ring (bicyclic) bond motifs is 1. The molecule has 0 atom stereocenters. The van der Waals surface area contributed by atoms with Gasteiger partial charge in [0.15, 0.2) is 5.65 Å². The second-order valence-electron chi connectivity index (χ2n) is 6.62. The van der Waals surface area contributed by atoms with Gasteiger partial charge in [0.25, 0.3) is 0 Å². The van der Waals surface area contributed by atoms with E-state index in [-0.39, 0.29) is 0 Å². The molecule has 0 saturated carbocycles. The van der Waals surface area contributed by atoms with Gasteiger partial charge in [0.1, 0.15) is 5.82 Å². The van der Waals surface area contributed by atoms with E-state index in [4.69, 9.17) is 4.98 Å². The molecule has 0 amide bonds. The summed E-state index contributed by atoms with van der Waals surface area (Å²) in [6, 6.07) is 19.0. The summed E-state index contributed by atoms with van der Waals surface area (Å²) in [4.78, 5) is 4.72. The van der Waals surface area contributed by atoms with E-state index in [1.165, 1.54) is 11.1 Å². The van der Waals surface area contributed by atoms with Crippen molar-refractivity contribution >= 4 is 17.2 Å². The number of benzene rings is 2. The van der Waals surface area contributed by atoms with Gasteiger partial charge in [-0.25, -0.2) is 4.98 Å². The number of aryl methyl sites for hydroxylation is 3. The van der Waals surface area contributed by atoms with Crippen LogP contribution in [0.2, 0.25) is 0 Å². The third-order valence-electron chi connectivity index (χ3n) is 4.60. The Morgan fingerprint density at radius 2 is 1.69 bits per heavy atom. The second kappa shape index (κ2) is 6.64. The molecule has 4 rings (SSSR count). The van der Waals surface area contributed by atoms with Crippen molar-refractivity contribution in [2.24, 2.45) is 0 Å². The molecule has 0 saturated heterocycles. The van der Waals surface area contributed by atoms with Gasteiger partial charge in [0, 0.05) is 23.0 Å². The molecular weight excluding hydrogens is 320 g/mol. The van der Waals surface area contributed by atoms with Gasteiger partial charge in [-0.3, -0.25) is 0 Å². The van der Waals surface area contributed by atoms with Gasteiger partial charge in [-0.2, -0.15) is 9.61 Å². The average molecular weight is 342 g/mol. The number of nitrogens with one attached hydrogen (secondary N) is 1. The molecule has 0 aliphatic rings. The third kappa shape index (κ3) is 3.06. The lowest BCUT2D eigenvalue weighted by Crippen LogP contribution is -2.02. The van der Waals surface area contributed by atoms with Crippen molar-refractivity contribution in [3.63, 3.8) is 0 Å². The first-order chi connectivity index (χ1) is 12.6. The molecule has 0 bridgehead atoms. The van der Waals surface area contributed by atoms with Crippen molar-refractivity contribution in [1.82, 2.24) is 14.6 Å². The minimum atomic E-state index is 0.863. The molecule has 0 aliphatic carbocycles. The number of hydrogen-bond acceptors (Lipinski definition) is 3. The fraction of sp³-hybridized carbons (Fsp3) is 0.182. The van der Waals surface area contributed by atoms with Crippen LogP contribution < -0.4 is 5.32 Å². The van der Waals surface area contributed by atoms with Gasteiger partial charge in [-0.05, 0) is 43.5 Å². The minimum Gasteiger partial charge on any atom is -0.340 e. The van der Waals surface area contributed by atoms with E-state index in [0.717, 1.165) is 40.4 Å². The van der Waals surface area contributed by atoms with Gasteiger partial charge < -0.3 is 5.32 Å². The van der Waals surface area contributed by atoms with Crippen molar-refractivity contribution in [2.45, 2.75) is 27.2 Å². The maximum absolute atomic E-state index is 4.72. The highest BCUT2D eigenvalue weighted by Crippen LogP contribution is 2.27. The van der Waals surface area contributed by atoms with Crippen LogP contribution in [0.3, 0.4) is 0 Å². The Morgan fingerprint density at radius 1 is 0.962 bits per heavy atom. The maximum Gasteiger partial charge on any atom is 0.165 e. The van der Waals surface area contributed by atoms with Gasteiger partial charge in [-0.1, -0.05) is 48.9 Å². The zero-order valence-corrected chi connectivity index (χ0v) is 15.3. The minimum absolute atomic E-state index is 0.863. The van der Waals surface area contributed by atoms with Crippen molar-refractivity contribution < 1.29 is 0 Å². The maximum atomic E-state index is 4.72. The van der Waals surface area contributed by atoms with Crippen molar-refractivity contribution in [1.29, 1.82) is 0 Å². The molecule has 2 aromatic heterocycles. The van der Waals surface area contributed by atoms with Gasteiger partial charge >= 0.3 is 0 Å². The van der Waals surface area contributed by atoms with Crippen LogP contribution in [0.5, 0.6) is 0 Å². The third-order valence-corrected chi connectivity index (χ3v) is 4.60. The Bertz CT molecular complexity index is 1040. The highest BCUT2D eigenvalue weighted by Gasteiger charge is 2.12. The lowest BCUT2D eigenvalue weighted by atomic mass is 10.1. The summed E-state index contributed by atoms with van der Waals surface area (Å²) in [7, 11) is 0. The first-order valence-corrected chi connectivity index (χ1v) is 8.92. The van der Waals surface area contributed by atoms with E-state index in [1.54, 1.807) is 0 Å². The molecule has 4 heteroatoms. The highest BCUT2D eigenvalue weighted by atomic mass is 15.3. The Hall–Kier alpha value is -3.14. The van der Waals surface area contributed by atoms with Crippen molar-refractivity contribution in [3.05, 3.63) is 77.6 Å².